The topological polar surface area (TPSA) is 13.1 Å². The van der Waals surface area contributed by atoms with Gasteiger partial charge in [0, 0.05) is 10.8 Å². The van der Waals surface area contributed by atoms with Crippen LogP contribution in [-0.2, 0) is 0 Å². The fourth-order valence-corrected chi connectivity index (χ4v) is 1.67. The van der Waals surface area contributed by atoms with Gasteiger partial charge >= 0.3 is 0 Å². The molecule has 1 heterocycles. The molecule has 0 aliphatic heterocycles. The second-order valence-electron chi connectivity index (χ2n) is 3.09. The average Bonchev–Trinajstić information content (AvgIpc) is 2.56. The minimum Gasteiger partial charge on any atom is -1.00 e. The van der Waals surface area contributed by atoms with Gasteiger partial charge < -0.3 is 67.8 Å². The molecule has 0 N–H and O–H groups in total. The minimum atomic E-state index is 0. The van der Waals surface area contributed by atoms with Crippen LogP contribution in [0, 0.1) is 0 Å². The average molecular weight is 443 g/mol. The molecule has 3 rings (SSSR count). The molecule has 1 nitrogen and oxygen atoms in total. The van der Waals surface area contributed by atoms with E-state index in [4.69, 9.17) is 4.42 Å². The maximum atomic E-state index is 5.65. The van der Waals surface area contributed by atoms with Crippen molar-refractivity contribution < 1.29 is 67.8 Å². The Morgan fingerprint density at radius 3 is 1.35 bits per heavy atom. The van der Waals surface area contributed by atoms with Gasteiger partial charge in [-0.15, -0.1) is 0 Å². The fraction of sp³-hybridized carbons (Fsp3) is 0. The Morgan fingerprint density at radius 2 is 0.941 bits per heavy atom. The second kappa shape index (κ2) is 8.14. The van der Waals surface area contributed by atoms with Gasteiger partial charge in [-0.2, -0.15) is 0 Å². The molecule has 2 aromatic carbocycles. The molecular formula is C12H8Br3ClO-4. The first-order valence-corrected chi connectivity index (χ1v) is 4.31. The first-order chi connectivity index (χ1) is 6.45. The first-order valence-electron chi connectivity index (χ1n) is 4.31. The summed E-state index contributed by atoms with van der Waals surface area (Å²) in [7, 11) is 0. The molecule has 0 unspecified atom stereocenters. The Morgan fingerprint density at radius 1 is 0.588 bits per heavy atom. The monoisotopic (exact) mass is 440 g/mol. The Hall–Kier alpha value is -0.0300. The minimum absolute atomic E-state index is 0. The smallest absolute Gasteiger partial charge is 0.135 e. The van der Waals surface area contributed by atoms with Crippen molar-refractivity contribution in [1.82, 2.24) is 0 Å². The SMILES string of the molecule is [Br-].[Br-].[Br-].[Cl-].c1ccc2c(c1)oc1ccccc12. The van der Waals surface area contributed by atoms with Crippen LogP contribution in [0.1, 0.15) is 0 Å². The Bertz CT molecular complexity index is 530. The molecule has 0 aliphatic rings. The molecule has 0 bridgehead atoms. The summed E-state index contributed by atoms with van der Waals surface area (Å²) in [6.45, 7) is 0. The highest BCUT2D eigenvalue weighted by Crippen LogP contribution is 2.27. The van der Waals surface area contributed by atoms with Gasteiger partial charge in [0.25, 0.3) is 0 Å². The van der Waals surface area contributed by atoms with E-state index in [-0.39, 0.29) is 63.4 Å². The standard InChI is InChI=1S/C12H8O.3BrH.ClH/c1-3-7-11-9(5-1)10-6-2-4-8-12(10)13-11;;;;/h1-8H;4*1H/p-4. The van der Waals surface area contributed by atoms with Gasteiger partial charge in [0.1, 0.15) is 11.2 Å². The molecular weight excluding hydrogens is 435 g/mol. The zero-order valence-electron chi connectivity index (χ0n) is 8.54. The number of halogens is 4. The third kappa shape index (κ3) is 3.47. The molecule has 17 heavy (non-hydrogen) atoms. The number of furan rings is 1. The molecule has 0 aliphatic carbocycles. The zero-order chi connectivity index (χ0) is 8.67. The molecule has 0 saturated carbocycles. The summed E-state index contributed by atoms with van der Waals surface area (Å²) in [5.74, 6) is 0. The lowest BCUT2D eigenvalue weighted by molar-refractivity contribution is -0.00100. The van der Waals surface area contributed by atoms with Crippen molar-refractivity contribution in [3.05, 3.63) is 48.5 Å². The van der Waals surface area contributed by atoms with Crippen molar-refractivity contribution in [3.63, 3.8) is 0 Å². The molecule has 0 radical (unpaired) electrons. The van der Waals surface area contributed by atoms with Crippen LogP contribution < -0.4 is 63.4 Å². The van der Waals surface area contributed by atoms with E-state index in [9.17, 15) is 0 Å². The van der Waals surface area contributed by atoms with E-state index in [1.165, 1.54) is 10.8 Å². The van der Waals surface area contributed by atoms with Crippen LogP contribution in [0.3, 0.4) is 0 Å². The largest absolute Gasteiger partial charge is 1.00 e. The van der Waals surface area contributed by atoms with E-state index in [0.29, 0.717) is 0 Å². The number of hydrogen-bond acceptors (Lipinski definition) is 1. The Balaban J connectivity index is 0. The van der Waals surface area contributed by atoms with Gasteiger partial charge in [-0.05, 0) is 12.1 Å². The van der Waals surface area contributed by atoms with Gasteiger partial charge in [0.05, 0.1) is 0 Å². The Labute approximate surface area is 137 Å². The lowest BCUT2D eigenvalue weighted by Gasteiger charge is -1.85. The highest BCUT2D eigenvalue weighted by molar-refractivity contribution is 6.04. The van der Waals surface area contributed by atoms with E-state index in [0.717, 1.165) is 11.2 Å². The maximum absolute atomic E-state index is 5.65. The third-order valence-corrected chi connectivity index (χ3v) is 2.28. The van der Waals surface area contributed by atoms with E-state index in [1.54, 1.807) is 0 Å². The van der Waals surface area contributed by atoms with Gasteiger partial charge in [0.2, 0.25) is 0 Å². The van der Waals surface area contributed by atoms with Crippen LogP contribution in [0.5, 0.6) is 0 Å². The van der Waals surface area contributed by atoms with Gasteiger partial charge in [-0.3, -0.25) is 0 Å². The molecule has 5 heteroatoms. The maximum Gasteiger partial charge on any atom is 0.135 e. The molecule has 0 saturated heterocycles. The first kappa shape index (κ1) is 19.3. The number of para-hydroxylation sites is 2. The van der Waals surface area contributed by atoms with E-state index in [1.807, 2.05) is 36.4 Å². The van der Waals surface area contributed by atoms with Crippen LogP contribution in [0.15, 0.2) is 52.9 Å². The van der Waals surface area contributed by atoms with Crippen molar-refractivity contribution in [2.24, 2.45) is 0 Å². The number of rotatable bonds is 0. The summed E-state index contributed by atoms with van der Waals surface area (Å²) < 4.78 is 5.65. The van der Waals surface area contributed by atoms with E-state index >= 15 is 0 Å². The summed E-state index contributed by atoms with van der Waals surface area (Å²) in [5.41, 5.74) is 1.92. The zero-order valence-corrected chi connectivity index (χ0v) is 14.1. The van der Waals surface area contributed by atoms with Crippen LogP contribution in [-0.4, -0.2) is 0 Å². The number of fused-ring (bicyclic) bond motifs is 3. The second-order valence-corrected chi connectivity index (χ2v) is 3.09. The Kier molecular flexibility index (Phi) is 9.25. The highest BCUT2D eigenvalue weighted by Gasteiger charge is 2.03. The summed E-state index contributed by atoms with van der Waals surface area (Å²) in [4.78, 5) is 0. The van der Waals surface area contributed by atoms with Crippen molar-refractivity contribution in [1.29, 1.82) is 0 Å². The third-order valence-electron chi connectivity index (χ3n) is 2.28. The predicted molar refractivity (Wildman–Crippen MR) is 53.7 cm³/mol. The lowest BCUT2D eigenvalue weighted by Crippen LogP contribution is -3.00. The van der Waals surface area contributed by atoms with Crippen LogP contribution in [0.4, 0.5) is 0 Å². The molecule has 0 amide bonds. The molecule has 1 aromatic heterocycles. The molecule has 0 spiro atoms. The van der Waals surface area contributed by atoms with E-state index in [2.05, 4.69) is 12.1 Å². The molecule has 0 atom stereocenters. The fourth-order valence-electron chi connectivity index (χ4n) is 1.67. The quantitative estimate of drug-likeness (QED) is 0.337. The van der Waals surface area contributed by atoms with Gasteiger partial charge in [-0.1, -0.05) is 36.4 Å². The van der Waals surface area contributed by atoms with Crippen molar-refractivity contribution in [3.8, 4) is 0 Å². The summed E-state index contributed by atoms with van der Waals surface area (Å²) in [5, 5.41) is 2.39. The lowest BCUT2D eigenvalue weighted by atomic mass is 10.2. The summed E-state index contributed by atoms with van der Waals surface area (Å²) in [6, 6.07) is 16.2. The van der Waals surface area contributed by atoms with Crippen molar-refractivity contribution in [2.75, 3.05) is 0 Å². The highest BCUT2D eigenvalue weighted by atomic mass is 79.9. The molecule has 3 aromatic rings. The van der Waals surface area contributed by atoms with Crippen molar-refractivity contribution >= 4 is 21.9 Å². The summed E-state index contributed by atoms with van der Waals surface area (Å²) >= 11 is 0. The van der Waals surface area contributed by atoms with E-state index < -0.39 is 0 Å². The number of hydrogen-bond donors (Lipinski definition) is 0. The normalized spacial score (nSPS) is 8.47. The van der Waals surface area contributed by atoms with Crippen LogP contribution >= 0.6 is 0 Å². The van der Waals surface area contributed by atoms with Gasteiger partial charge in [0.15, 0.2) is 0 Å². The molecule has 0 fully saturated rings. The summed E-state index contributed by atoms with van der Waals surface area (Å²) in [6.07, 6.45) is 0. The molecule has 94 valence electrons. The van der Waals surface area contributed by atoms with Gasteiger partial charge in [-0.25, -0.2) is 0 Å². The van der Waals surface area contributed by atoms with Crippen LogP contribution in [0.2, 0.25) is 0 Å². The van der Waals surface area contributed by atoms with Crippen LogP contribution in [0.25, 0.3) is 21.9 Å². The van der Waals surface area contributed by atoms with Crippen molar-refractivity contribution in [2.45, 2.75) is 0 Å². The predicted octanol–water partition coefficient (Wildman–Crippen LogP) is -8.40. The number of benzene rings is 2.